The molecule has 0 spiro atoms. The normalized spacial score (nSPS) is 15.2. The van der Waals surface area contributed by atoms with Gasteiger partial charge in [-0.15, -0.1) is 0 Å². The maximum atomic E-state index is 5.49. The number of methoxy groups -OCH3 is 2. The Morgan fingerprint density at radius 3 is 2.67 bits per heavy atom. The van der Waals surface area contributed by atoms with Gasteiger partial charge >= 0.3 is 0 Å². The molecule has 0 saturated carbocycles. The molecule has 0 amide bonds. The summed E-state index contributed by atoms with van der Waals surface area (Å²) in [4.78, 5) is 6.84. The predicted octanol–water partition coefficient (Wildman–Crippen LogP) is 3.05. The van der Waals surface area contributed by atoms with Crippen molar-refractivity contribution >= 4 is 23.0 Å². The van der Waals surface area contributed by atoms with Crippen LogP contribution in [0, 0.1) is 0 Å². The summed E-state index contributed by atoms with van der Waals surface area (Å²) in [7, 11) is 3.27. The number of hydrogen-bond acceptors (Lipinski definition) is 5. The monoisotopic (exact) mass is 386 g/mol. The van der Waals surface area contributed by atoms with Crippen molar-refractivity contribution < 1.29 is 9.47 Å². The van der Waals surface area contributed by atoms with Crippen LogP contribution >= 0.6 is 12.2 Å². The fourth-order valence-electron chi connectivity index (χ4n) is 3.20. The van der Waals surface area contributed by atoms with Crippen molar-refractivity contribution in [2.75, 3.05) is 32.6 Å². The number of thiocarbonyl (C=S) groups is 1. The van der Waals surface area contributed by atoms with Crippen molar-refractivity contribution in [2.45, 2.75) is 25.4 Å². The molecule has 6 nitrogen and oxygen atoms in total. The first kappa shape index (κ1) is 19.4. The molecular weight excluding hydrogens is 360 g/mol. The second-order valence-electron chi connectivity index (χ2n) is 6.54. The van der Waals surface area contributed by atoms with E-state index in [9.17, 15) is 0 Å². The molecule has 27 heavy (non-hydrogen) atoms. The van der Waals surface area contributed by atoms with E-state index in [2.05, 4.69) is 26.6 Å². The van der Waals surface area contributed by atoms with Gasteiger partial charge in [0.1, 0.15) is 11.5 Å². The van der Waals surface area contributed by atoms with Crippen LogP contribution in [0.3, 0.4) is 0 Å². The van der Waals surface area contributed by atoms with Gasteiger partial charge in [-0.05, 0) is 49.3 Å². The summed E-state index contributed by atoms with van der Waals surface area (Å²) >= 11 is 5.49. The molecule has 2 heterocycles. The highest BCUT2D eigenvalue weighted by atomic mass is 32.1. The van der Waals surface area contributed by atoms with E-state index in [1.54, 1.807) is 14.2 Å². The number of aromatic nitrogens is 1. The largest absolute Gasteiger partial charge is 0.497 e. The van der Waals surface area contributed by atoms with E-state index in [1.807, 2.05) is 36.5 Å². The summed E-state index contributed by atoms with van der Waals surface area (Å²) in [6.07, 6.45) is 3.95. The molecule has 7 heteroatoms. The first-order chi connectivity index (χ1) is 13.2. The molecular formula is C20H26N4O2S. The van der Waals surface area contributed by atoms with Gasteiger partial charge in [0, 0.05) is 37.9 Å². The quantitative estimate of drug-likeness (QED) is 0.740. The van der Waals surface area contributed by atoms with Crippen molar-refractivity contribution in [3.63, 3.8) is 0 Å². The number of benzene rings is 1. The van der Waals surface area contributed by atoms with E-state index in [-0.39, 0.29) is 0 Å². The van der Waals surface area contributed by atoms with E-state index in [1.165, 1.54) is 0 Å². The van der Waals surface area contributed by atoms with Crippen LogP contribution < -0.4 is 20.1 Å². The van der Waals surface area contributed by atoms with Gasteiger partial charge in [0.25, 0.3) is 0 Å². The first-order valence-electron chi connectivity index (χ1n) is 9.09. The van der Waals surface area contributed by atoms with Crippen molar-refractivity contribution in [1.82, 2.24) is 15.2 Å². The summed E-state index contributed by atoms with van der Waals surface area (Å²) in [6, 6.07) is 12.0. The van der Waals surface area contributed by atoms with Crippen LogP contribution in [0.2, 0.25) is 0 Å². The maximum Gasteiger partial charge on any atom is 0.171 e. The maximum absolute atomic E-state index is 5.49. The summed E-state index contributed by atoms with van der Waals surface area (Å²) < 4.78 is 10.6. The molecule has 1 aliphatic heterocycles. The predicted molar refractivity (Wildman–Crippen MR) is 111 cm³/mol. The Bertz CT molecular complexity index is 749. The van der Waals surface area contributed by atoms with Gasteiger partial charge in [-0.2, -0.15) is 0 Å². The van der Waals surface area contributed by atoms with E-state index in [0.29, 0.717) is 16.9 Å². The van der Waals surface area contributed by atoms with Gasteiger partial charge in [-0.1, -0.05) is 6.07 Å². The summed E-state index contributed by atoms with van der Waals surface area (Å²) in [6.45, 7) is 2.96. The lowest BCUT2D eigenvalue weighted by Crippen LogP contribution is -2.45. The third-order valence-corrected chi connectivity index (χ3v) is 4.91. The molecule has 144 valence electrons. The third kappa shape index (κ3) is 5.55. The van der Waals surface area contributed by atoms with Crippen molar-refractivity contribution in [3.05, 3.63) is 48.3 Å². The van der Waals surface area contributed by atoms with Gasteiger partial charge in [-0.3, -0.25) is 9.88 Å². The highest BCUT2D eigenvalue weighted by molar-refractivity contribution is 7.80. The van der Waals surface area contributed by atoms with Crippen LogP contribution in [0.1, 0.15) is 18.5 Å². The van der Waals surface area contributed by atoms with Crippen LogP contribution in [-0.4, -0.2) is 48.3 Å². The summed E-state index contributed by atoms with van der Waals surface area (Å²) in [5, 5.41) is 7.26. The second-order valence-corrected chi connectivity index (χ2v) is 6.94. The van der Waals surface area contributed by atoms with Gasteiger partial charge in [0.2, 0.25) is 0 Å². The van der Waals surface area contributed by atoms with Gasteiger partial charge < -0.3 is 20.1 Å². The fourth-order valence-corrected chi connectivity index (χ4v) is 3.48. The summed E-state index contributed by atoms with van der Waals surface area (Å²) in [5.41, 5.74) is 1.94. The third-order valence-electron chi connectivity index (χ3n) is 4.69. The lowest BCUT2D eigenvalue weighted by atomic mass is 10.1. The number of ether oxygens (including phenoxy) is 2. The zero-order valence-electron chi connectivity index (χ0n) is 15.8. The molecule has 0 aliphatic carbocycles. The Hall–Kier alpha value is -2.38. The topological polar surface area (TPSA) is 58.7 Å². The number of pyridine rings is 1. The van der Waals surface area contributed by atoms with Gasteiger partial charge in [0.05, 0.1) is 25.6 Å². The van der Waals surface area contributed by atoms with Crippen molar-refractivity contribution in [2.24, 2.45) is 0 Å². The lowest BCUT2D eigenvalue weighted by molar-refractivity contribution is 0.197. The Kier molecular flexibility index (Phi) is 6.84. The zero-order valence-corrected chi connectivity index (χ0v) is 16.6. The minimum Gasteiger partial charge on any atom is -0.497 e. The Morgan fingerprint density at radius 1 is 1.19 bits per heavy atom. The Balaban J connectivity index is 1.47. The summed E-state index contributed by atoms with van der Waals surface area (Å²) in [5.74, 6) is 1.44. The molecule has 2 aromatic rings. The van der Waals surface area contributed by atoms with Crippen LogP contribution in [0.4, 0.5) is 5.69 Å². The molecule has 3 rings (SSSR count). The van der Waals surface area contributed by atoms with E-state index in [4.69, 9.17) is 21.7 Å². The van der Waals surface area contributed by atoms with Crippen LogP contribution in [0.15, 0.2) is 42.6 Å². The van der Waals surface area contributed by atoms with E-state index < -0.39 is 0 Å². The molecule has 1 fully saturated rings. The van der Waals surface area contributed by atoms with E-state index in [0.717, 1.165) is 49.6 Å². The second kappa shape index (κ2) is 9.53. The number of likely N-dealkylation sites (tertiary alicyclic amines) is 1. The van der Waals surface area contributed by atoms with Crippen LogP contribution in [0.25, 0.3) is 0 Å². The molecule has 1 aliphatic rings. The molecule has 1 aromatic carbocycles. The minimum atomic E-state index is 0.370. The number of nitrogens with one attached hydrogen (secondary N) is 2. The molecule has 0 atom stereocenters. The molecule has 2 N–H and O–H groups in total. The van der Waals surface area contributed by atoms with Crippen LogP contribution in [0.5, 0.6) is 11.5 Å². The minimum absolute atomic E-state index is 0.370. The number of rotatable bonds is 6. The Morgan fingerprint density at radius 2 is 2.00 bits per heavy atom. The molecule has 0 bridgehead atoms. The highest BCUT2D eigenvalue weighted by Gasteiger charge is 2.20. The van der Waals surface area contributed by atoms with Crippen molar-refractivity contribution in [1.29, 1.82) is 0 Å². The van der Waals surface area contributed by atoms with E-state index >= 15 is 0 Å². The first-order valence-corrected chi connectivity index (χ1v) is 9.50. The zero-order chi connectivity index (χ0) is 19.1. The smallest absolute Gasteiger partial charge is 0.171 e. The Labute approximate surface area is 165 Å². The average molecular weight is 387 g/mol. The SMILES string of the molecule is COc1ccc(NC(=S)NC2CCN(Cc3ccccn3)CC2)c(OC)c1. The number of anilines is 1. The fraction of sp³-hybridized carbons (Fsp3) is 0.400. The molecule has 0 unspecified atom stereocenters. The molecule has 0 radical (unpaired) electrons. The average Bonchev–Trinajstić information content (AvgIpc) is 2.70. The standard InChI is InChI=1S/C20H26N4O2S/c1-25-17-6-7-18(19(13-17)26-2)23-20(27)22-15-8-11-24(12-9-15)14-16-5-3-4-10-21-16/h3-7,10,13,15H,8-9,11-12,14H2,1-2H3,(H2,22,23,27). The van der Waals surface area contributed by atoms with Crippen LogP contribution in [-0.2, 0) is 6.54 Å². The molecule has 1 saturated heterocycles. The highest BCUT2D eigenvalue weighted by Crippen LogP contribution is 2.29. The van der Waals surface area contributed by atoms with Gasteiger partial charge in [0.15, 0.2) is 5.11 Å². The number of nitrogens with zero attached hydrogens (tertiary/aromatic N) is 2. The van der Waals surface area contributed by atoms with Gasteiger partial charge in [-0.25, -0.2) is 0 Å². The van der Waals surface area contributed by atoms with Crippen molar-refractivity contribution in [3.8, 4) is 11.5 Å². The number of piperidine rings is 1. The number of hydrogen-bond donors (Lipinski definition) is 2. The molecule has 1 aromatic heterocycles. The lowest BCUT2D eigenvalue weighted by Gasteiger charge is -2.32.